The molecule has 1 saturated heterocycles. The summed E-state index contributed by atoms with van der Waals surface area (Å²) in [5.41, 5.74) is 0. The van der Waals surface area contributed by atoms with Crippen molar-refractivity contribution >= 4 is 17.6 Å². The first-order chi connectivity index (χ1) is 12.7. The number of nitrogens with zero attached hydrogens (tertiary/aromatic N) is 2. The number of benzene rings is 1. The maximum absolute atomic E-state index is 5.99. The Labute approximate surface area is 161 Å². The minimum absolute atomic E-state index is 0.0303. The van der Waals surface area contributed by atoms with Gasteiger partial charge in [0.25, 0.3) is 0 Å². The van der Waals surface area contributed by atoms with Crippen LogP contribution < -0.4 is 15.4 Å². The van der Waals surface area contributed by atoms with Crippen molar-refractivity contribution in [2.75, 3.05) is 52.5 Å². The van der Waals surface area contributed by atoms with E-state index in [1.807, 2.05) is 31.2 Å². The molecule has 1 heterocycles. The Kier molecular flexibility index (Phi) is 9.60. The summed E-state index contributed by atoms with van der Waals surface area (Å²) in [6.07, 6.45) is 1.05. The lowest BCUT2D eigenvalue weighted by Gasteiger charge is -2.26. The number of aliphatic imine (C=N–C) groups is 1. The van der Waals surface area contributed by atoms with E-state index in [2.05, 4.69) is 27.4 Å². The number of rotatable bonds is 9. The third-order valence-corrected chi connectivity index (χ3v) is 4.27. The average molecular weight is 383 g/mol. The molecule has 0 aliphatic carbocycles. The molecule has 1 fully saturated rings. The molecule has 0 radical (unpaired) electrons. The van der Waals surface area contributed by atoms with Crippen molar-refractivity contribution in [3.8, 4) is 5.75 Å². The predicted octanol–water partition coefficient (Wildman–Crippen LogP) is 2.38. The van der Waals surface area contributed by atoms with Gasteiger partial charge < -0.3 is 20.1 Å². The van der Waals surface area contributed by atoms with Crippen molar-refractivity contribution < 1.29 is 9.47 Å². The van der Waals surface area contributed by atoms with Gasteiger partial charge in [-0.3, -0.25) is 4.90 Å². The van der Waals surface area contributed by atoms with Crippen molar-refractivity contribution in [2.45, 2.75) is 26.4 Å². The van der Waals surface area contributed by atoms with Gasteiger partial charge in [0, 0.05) is 31.2 Å². The van der Waals surface area contributed by atoms with Crippen LogP contribution in [0.15, 0.2) is 29.3 Å². The smallest absolute Gasteiger partial charge is 0.191 e. The van der Waals surface area contributed by atoms with E-state index in [4.69, 9.17) is 21.1 Å². The van der Waals surface area contributed by atoms with Crippen LogP contribution in [0.5, 0.6) is 5.75 Å². The Morgan fingerprint density at radius 2 is 2.15 bits per heavy atom. The van der Waals surface area contributed by atoms with Gasteiger partial charge in [0.05, 0.1) is 19.8 Å². The van der Waals surface area contributed by atoms with Crippen molar-refractivity contribution in [1.29, 1.82) is 0 Å². The first kappa shape index (κ1) is 20.8. The van der Waals surface area contributed by atoms with Crippen LogP contribution in [0.4, 0.5) is 0 Å². The molecular weight excluding hydrogens is 352 g/mol. The molecule has 6 nitrogen and oxygen atoms in total. The van der Waals surface area contributed by atoms with Crippen molar-refractivity contribution in [2.24, 2.45) is 4.99 Å². The second-order valence-corrected chi connectivity index (χ2v) is 6.78. The average Bonchev–Trinajstić information content (AvgIpc) is 2.64. The van der Waals surface area contributed by atoms with Crippen LogP contribution in [-0.4, -0.2) is 69.4 Å². The van der Waals surface area contributed by atoms with Gasteiger partial charge in [-0.1, -0.05) is 17.7 Å². The maximum atomic E-state index is 5.99. The molecule has 2 N–H and O–H groups in total. The quantitative estimate of drug-likeness (QED) is 0.390. The number of guanidine groups is 1. The highest BCUT2D eigenvalue weighted by atomic mass is 35.5. The topological polar surface area (TPSA) is 58.1 Å². The van der Waals surface area contributed by atoms with E-state index in [0.29, 0.717) is 11.6 Å². The first-order valence-electron chi connectivity index (χ1n) is 9.42. The Morgan fingerprint density at radius 3 is 2.88 bits per heavy atom. The second kappa shape index (κ2) is 12.0. The molecular formula is C19H31ClN4O2. The number of hydrogen-bond acceptors (Lipinski definition) is 4. The van der Waals surface area contributed by atoms with Gasteiger partial charge in [-0.05, 0) is 45.0 Å². The van der Waals surface area contributed by atoms with E-state index >= 15 is 0 Å². The molecule has 0 aromatic heterocycles. The Morgan fingerprint density at radius 1 is 1.35 bits per heavy atom. The zero-order valence-electron chi connectivity index (χ0n) is 15.8. The number of nitrogens with one attached hydrogen (secondary N) is 2. The number of halogens is 1. The van der Waals surface area contributed by atoms with Gasteiger partial charge >= 0.3 is 0 Å². The van der Waals surface area contributed by atoms with Crippen LogP contribution >= 0.6 is 11.6 Å². The highest BCUT2D eigenvalue weighted by Gasteiger charge is 2.09. The van der Waals surface area contributed by atoms with Gasteiger partial charge in [0.1, 0.15) is 11.9 Å². The Hall–Kier alpha value is -1.50. The number of morpholine rings is 1. The lowest BCUT2D eigenvalue weighted by Crippen LogP contribution is -2.41. The van der Waals surface area contributed by atoms with E-state index in [-0.39, 0.29) is 6.10 Å². The van der Waals surface area contributed by atoms with Crippen LogP contribution in [0.2, 0.25) is 5.02 Å². The van der Waals surface area contributed by atoms with Gasteiger partial charge in [-0.25, -0.2) is 4.99 Å². The van der Waals surface area contributed by atoms with Gasteiger partial charge in [-0.15, -0.1) is 0 Å². The summed E-state index contributed by atoms with van der Waals surface area (Å²) in [4.78, 5) is 7.06. The molecule has 0 spiro atoms. The summed E-state index contributed by atoms with van der Waals surface area (Å²) < 4.78 is 11.2. The van der Waals surface area contributed by atoms with E-state index in [0.717, 1.165) is 64.1 Å². The van der Waals surface area contributed by atoms with Crippen LogP contribution in [0.1, 0.15) is 20.3 Å². The van der Waals surface area contributed by atoms with Gasteiger partial charge in [0.2, 0.25) is 0 Å². The van der Waals surface area contributed by atoms with Gasteiger partial charge in [-0.2, -0.15) is 0 Å². The highest BCUT2D eigenvalue weighted by molar-refractivity contribution is 6.30. The summed E-state index contributed by atoms with van der Waals surface area (Å²) in [5, 5.41) is 7.35. The third-order valence-electron chi connectivity index (χ3n) is 4.03. The van der Waals surface area contributed by atoms with Crippen LogP contribution in [0.25, 0.3) is 0 Å². The minimum Gasteiger partial charge on any atom is -0.489 e. The summed E-state index contributed by atoms with van der Waals surface area (Å²) in [5.74, 6) is 1.60. The molecule has 1 unspecified atom stereocenters. The molecule has 7 heteroatoms. The van der Waals surface area contributed by atoms with Crippen LogP contribution in [0.3, 0.4) is 0 Å². The van der Waals surface area contributed by atoms with Crippen molar-refractivity contribution in [3.63, 3.8) is 0 Å². The molecule has 1 aromatic carbocycles. The summed E-state index contributed by atoms with van der Waals surface area (Å²) >= 11 is 5.99. The standard InChI is InChI=1S/C19H31ClN4O2/c1-3-21-19(22-8-5-9-24-10-12-25-13-11-24)23-15-16(2)26-18-7-4-6-17(20)14-18/h4,6-7,14,16H,3,5,8-13,15H2,1-2H3,(H2,21,22,23). The zero-order valence-corrected chi connectivity index (χ0v) is 16.6. The normalized spacial score (nSPS) is 17.0. The second-order valence-electron chi connectivity index (χ2n) is 6.34. The summed E-state index contributed by atoms with van der Waals surface area (Å²) in [6.45, 7) is 11.2. The monoisotopic (exact) mass is 382 g/mol. The van der Waals surface area contributed by atoms with E-state index in [9.17, 15) is 0 Å². The van der Waals surface area contributed by atoms with Crippen LogP contribution in [-0.2, 0) is 4.74 Å². The molecule has 26 heavy (non-hydrogen) atoms. The van der Waals surface area contributed by atoms with Crippen LogP contribution in [0, 0.1) is 0 Å². The summed E-state index contributed by atoms with van der Waals surface area (Å²) in [6, 6.07) is 7.44. The summed E-state index contributed by atoms with van der Waals surface area (Å²) in [7, 11) is 0. The fourth-order valence-corrected chi connectivity index (χ4v) is 2.89. The molecule has 146 valence electrons. The molecule has 0 amide bonds. The lowest BCUT2D eigenvalue weighted by atomic mass is 10.3. The highest BCUT2D eigenvalue weighted by Crippen LogP contribution is 2.18. The Balaban J connectivity index is 1.70. The maximum Gasteiger partial charge on any atom is 0.191 e. The number of ether oxygens (including phenoxy) is 2. The molecule has 1 aliphatic heterocycles. The molecule has 1 aromatic rings. The van der Waals surface area contributed by atoms with E-state index in [1.165, 1.54) is 0 Å². The zero-order chi connectivity index (χ0) is 18.6. The molecule has 0 saturated carbocycles. The van der Waals surface area contributed by atoms with Gasteiger partial charge in [0.15, 0.2) is 5.96 Å². The predicted molar refractivity (Wildman–Crippen MR) is 107 cm³/mol. The minimum atomic E-state index is -0.0303. The molecule has 1 aliphatic rings. The van der Waals surface area contributed by atoms with E-state index in [1.54, 1.807) is 0 Å². The fourth-order valence-electron chi connectivity index (χ4n) is 2.71. The van der Waals surface area contributed by atoms with Crippen molar-refractivity contribution in [1.82, 2.24) is 15.5 Å². The fraction of sp³-hybridized carbons (Fsp3) is 0.632. The Bertz CT molecular complexity index is 550. The SMILES string of the molecule is CCNC(=NCC(C)Oc1cccc(Cl)c1)NCCCN1CCOCC1. The molecule has 0 bridgehead atoms. The largest absolute Gasteiger partial charge is 0.489 e. The third kappa shape index (κ3) is 8.25. The molecule has 2 rings (SSSR count). The van der Waals surface area contributed by atoms with E-state index < -0.39 is 0 Å². The van der Waals surface area contributed by atoms with Crippen molar-refractivity contribution in [3.05, 3.63) is 29.3 Å². The number of hydrogen-bond donors (Lipinski definition) is 2. The first-order valence-corrected chi connectivity index (χ1v) is 9.79. The lowest BCUT2D eigenvalue weighted by molar-refractivity contribution is 0.0376. The molecule has 1 atom stereocenters.